The summed E-state index contributed by atoms with van der Waals surface area (Å²) < 4.78 is 5.18. The molecule has 0 atom stereocenters. The van der Waals surface area contributed by atoms with Gasteiger partial charge >= 0.3 is 0 Å². The van der Waals surface area contributed by atoms with Crippen LogP contribution >= 0.6 is 0 Å². The fourth-order valence-corrected chi connectivity index (χ4v) is 2.03. The van der Waals surface area contributed by atoms with Gasteiger partial charge in [-0.2, -0.15) is 0 Å². The van der Waals surface area contributed by atoms with Crippen molar-refractivity contribution in [2.24, 2.45) is 0 Å². The van der Waals surface area contributed by atoms with E-state index in [0.717, 1.165) is 11.4 Å². The molecule has 6 nitrogen and oxygen atoms in total. The molecule has 3 heterocycles. The molecule has 3 aromatic rings. The topological polar surface area (TPSA) is 80.0 Å². The van der Waals surface area contributed by atoms with Crippen LogP contribution in [0.2, 0.25) is 0 Å². The van der Waals surface area contributed by atoms with E-state index in [1.54, 1.807) is 36.9 Å². The number of pyridine rings is 2. The third kappa shape index (κ3) is 4.16. The van der Waals surface area contributed by atoms with E-state index in [4.69, 9.17) is 4.42 Å². The standard InChI is InChI=1S/C17H16N4O2/c22-17(21-12-15-5-3-9-23-15)16-10-13(6-8-19-16)20-11-14-4-1-2-7-18-14/h1-10H,11-12H2,(H,19,20)(H,21,22). The number of nitrogens with zero attached hydrogens (tertiary/aromatic N) is 2. The van der Waals surface area contributed by atoms with Crippen LogP contribution < -0.4 is 10.6 Å². The van der Waals surface area contributed by atoms with E-state index in [1.807, 2.05) is 24.3 Å². The second kappa shape index (κ2) is 7.22. The quantitative estimate of drug-likeness (QED) is 0.731. The Bertz CT molecular complexity index is 757. The maximum absolute atomic E-state index is 12.1. The number of aromatic nitrogens is 2. The first-order chi connectivity index (χ1) is 11.3. The van der Waals surface area contributed by atoms with Crippen LogP contribution in [0.15, 0.2) is 65.5 Å². The summed E-state index contributed by atoms with van der Waals surface area (Å²) >= 11 is 0. The van der Waals surface area contributed by atoms with Gasteiger partial charge in [0.1, 0.15) is 11.5 Å². The second-order valence-electron chi connectivity index (χ2n) is 4.87. The van der Waals surface area contributed by atoms with Crippen molar-refractivity contribution in [2.45, 2.75) is 13.1 Å². The third-order valence-electron chi connectivity index (χ3n) is 3.20. The number of carbonyl (C=O) groups excluding carboxylic acids is 1. The first kappa shape index (κ1) is 14.8. The van der Waals surface area contributed by atoms with Gasteiger partial charge in [-0.1, -0.05) is 6.07 Å². The molecule has 0 aliphatic rings. The van der Waals surface area contributed by atoms with Gasteiger partial charge in [0.2, 0.25) is 0 Å². The van der Waals surface area contributed by atoms with Crippen molar-refractivity contribution in [3.05, 3.63) is 78.3 Å². The summed E-state index contributed by atoms with van der Waals surface area (Å²) in [5, 5.41) is 5.99. The maximum atomic E-state index is 12.1. The molecule has 0 radical (unpaired) electrons. The molecule has 0 saturated carbocycles. The van der Waals surface area contributed by atoms with Crippen molar-refractivity contribution >= 4 is 11.6 Å². The zero-order valence-electron chi connectivity index (χ0n) is 12.4. The monoisotopic (exact) mass is 308 g/mol. The molecule has 3 aromatic heterocycles. The van der Waals surface area contributed by atoms with Gasteiger partial charge < -0.3 is 15.1 Å². The fraction of sp³-hybridized carbons (Fsp3) is 0.118. The predicted octanol–water partition coefficient (Wildman–Crippen LogP) is 2.61. The molecule has 2 N–H and O–H groups in total. The Morgan fingerprint density at radius 1 is 1.04 bits per heavy atom. The van der Waals surface area contributed by atoms with Crippen LogP contribution in [0, 0.1) is 0 Å². The van der Waals surface area contributed by atoms with Gasteiger partial charge in [0.25, 0.3) is 5.91 Å². The van der Waals surface area contributed by atoms with Crippen LogP contribution in [-0.4, -0.2) is 15.9 Å². The molecule has 3 rings (SSSR count). The normalized spacial score (nSPS) is 10.3. The molecule has 0 aromatic carbocycles. The number of amides is 1. The van der Waals surface area contributed by atoms with E-state index >= 15 is 0 Å². The molecule has 0 unspecified atom stereocenters. The minimum atomic E-state index is -0.247. The highest BCUT2D eigenvalue weighted by molar-refractivity contribution is 5.93. The van der Waals surface area contributed by atoms with E-state index in [-0.39, 0.29) is 5.91 Å². The zero-order valence-corrected chi connectivity index (χ0v) is 12.4. The molecule has 6 heteroatoms. The van der Waals surface area contributed by atoms with Gasteiger partial charge in [0.15, 0.2) is 0 Å². The van der Waals surface area contributed by atoms with Crippen molar-refractivity contribution in [2.75, 3.05) is 5.32 Å². The van der Waals surface area contributed by atoms with Crippen LogP contribution in [0.5, 0.6) is 0 Å². The minimum absolute atomic E-state index is 0.247. The molecular formula is C17H16N4O2. The molecule has 0 aliphatic heterocycles. The Balaban J connectivity index is 1.59. The molecule has 116 valence electrons. The summed E-state index contributed by atoms with van der Waals surface area (Å²) in [7, 11) is 0. The van der Waals surface area contributed by atoms with Crippen LogP contribution in [0.25, 0.3) is 0 Å². The van der Waals surface area contributed by atoms with Crippen molar-refractivity contribution in [3.63, 3.8) is 0 Å². The summed E-state index contributed by atoms with van der Waals surface area (Å²) in [5.74, 6) is 0.450. The van der Waals surface area contributed by atoms with E-state index in [1.165, 1.54) is 0 Å². The Labute approximate surface area is 133 Å². The molecule has 0 spiro atoms. The molecule has 0 saturated heterocycles. The number of furan rings is 1. The maximum Gasteiger partial charge on any atom is 0.270 e. The molecule has 23 heavy (non-hydrogen) atoms. The van der Waals surface area contributed by atoms with E-state index in [0.29, 0.717) is 24.5 Å². The molecule has 1 amide bonds. The SMILES string of the molecule is O=C(NCc1ccco1)c1cc(NCc2ccccn2)ccn1. The van der Waals surface area contributed by atoms with Crippen LogP contribution in [0.3, 0.4) is 0 Å². The Hall–Kier alpha value is -3.15. The zero-order chi connectivity index (χ0) is 15.9. The average molecular weight is 308 g/mol. The van der Waals surface area contributed by atoms with E-state index in [9.17, 15) is 4.79 Å². The summed E-state index contributed by atoms with van der Waals surface area (Å²) in [6.07, 6.45) is 4.92. The predicted molar refractivity (Wildman–Crippen MR) is 85.7 cm³/mol. The minimum Gasteiger partial charge on any atom is -0.467 e. The van der Waals surface area contributed by atoms with Crippen LogP contribution in [0.4, 0.5) is 5.69 Å². The second-order valence-corrected chi connectivity index (χ2v) is 4.87. The lowest BCUT2D eigenvalue weighted by atomic mass is 10.3. The lowest BCUT2D eigenvalue weighted by molar-refractivity contribution is 0.0943. The number of hydrogen-bond donors (Lipinski definition) is 2. The van der Waals surface area contributed by atoms with Crippen molar-refractivity contribution < 1.29 is 9.21 Å². The molecular weight excluding hydrogens is 292 g/mol. The van der Waals surface area contributed by atoms with Gasteiger partial charge in [-0.15, -0.1) is 0 Å². The first-order valence-corrected chi connectivity index (χ1v) is 7.22. The number of nitrogens with one attached hydrogen (secondary N) is 2. The van der Waals surface area contributed by atoms with Crippen molar-refractivity contribution in [1.82, 2.24) is 15.3 Å². The highest BCUT2D eigenvalue weighted by Gasteiger charge is 2.08. The summed E-state index contributed by atoms with van der Waals surface area (Å²) in [5.41, 5.74) is 2.09. The van der Waals surface area contributed by atoms with Gasteiger partial charge in [-0.05, 0) is 36.4 Å². The Morgan fingerprint density at radius 3 is 2.78 bits per heavy atom. The lowest BCUT2D eigenvalue weighted by Crippen LogP contribution is -2.23. The van der Waals surface area contributed by atoms with E-state index in [2.05, 4.69) is 20.6 Å². The van der Waals surface area contributed by atoms with Gasteiger partial charge in [-0.25, -0.2) is 0 Å². The van der Waals surface area contributed by atoms with Crippen LogP contribution in [0.1, 0.15) is 21.9 Å². The van der Waals surface area contributed by atoms with Gasteiger partial charge in [0.05, 0.1) is 25.0 Å². The molecule has 0 aliphatic carbocycles. The third-order valence-corrected chi connectivity index (χ3v) is 3.20. The largest absolute Gasteiger partial charge is 0.467 e. The fourth-order valence-electron chi connectivity index (χ4n) is 2.03. The van der Waals surface area contributed by atoms with Gasteiger partial charge in [0, 0.05) is 18.1 Å². The number of carbonyl (C=O) groups is 1. The molecule has 0 bridgehead atoms. The van der Waals surface area contributed by atoms with E-state index < -0.39 is 0 Å². The Kier molecular flexibility index (Phi) is 4.63. The number of anilines is 1. The smallest absolute Gasteiger partial charge is 0.270 e. The lowest BCUT2D eigenvalue weighted by Gasteiger charge is -2.08. The van der Waals surface area contributed by atoms with Crippen LogP contribution in [-0.2, 0) is 13.1 Å². The number of hydrogen-bond acceptors (Lipinski definition) is 5. The number of rotatable bonds is 6. The highest BCUT2D eigenvalue weighted by atomic mass is 16.3. The van der Waals surface area contributed by atoms with Crippen molar-refractivity contribution in [1.29, 1.82) is 0 Å². The van der Waals surface area contributed by atoms with Crippen molar-refractivity contribution in [3.8, 4) is 0 Å². The summed E-state index contributed by atoms with van der Waals surface area (Å²) in [4.78, 5) is 20.4. The highest BCUT2D eigenvalue weighted by Crippen LogP contribution is 2.10. The average Bonchev–Trinajstić information content (AvgIpc) is 3.12. The summed E-state index contributed by atoms with van der Waals surface area (Å²) in [6, 6.07) is 12.8. The molecule has 0 fully saturated rings. The summed E-state index contributed by atoms with van der Waals surface area (Å²) in [6.45, 7) is 0.914. The first-order valence-electron chi connectivity index (χ1n) is 7.22. The van der Waals surface area contributed by atoms with Gasteiger partial charge in [-0.3, -0.25) is 14.8 Å². The Morgan fingerprint density at radius 2 is 2.00 bits per heavy atom.